The maximum Gasteiger partial charge on any atom is 0.245 e. The van der Waals surface area contributed by atoms with Gasteiger partial charge >= 0.3 is 0 Å². The van der Waals surface area contributed by atoms with E-state index in [0.29, 0.717) is 13.2 Å². The van der Waals surface area contributed by atoms with Crippen molar-refractivity contribution in [1.29, 1.82) is 0 Å². The molecule has 0 aliphatic rings. The maximum atomic E-state index is 11.4. The number of fused-ring (bicyclic) bond motifs is 1. The Hall–Kier alpha value is -2.86. The zero-order valence-electron chi connectivity index (χ0n) is 18.8. The number of nitrogens with zero attached hydrogens (tertiary/aromatic N) is 2. The first-order chi connectivity index (χ1) is 15.1. The van der Waals surface area contributed by atoms with E-state index in [1.165, 1.54) is 18.2 Å². The zero-order valence-corrected chi connectivity index (χ0v) is 18.8. The van der Waals surface area contributed by atoms with Crippen LogP contribution in [0.1, 0.15) is 36.2 Å². The summed E-state index contributed by atoms with van der Waals surface area (Å²) < 4.78 is 13.1. The van der Waals surface area contributed by atoms with Crippen molar-refractivity contribution in [1.82, 2.24) is 14.9 Å². The summed E-state index contributed by atoms with van der Waals surface area (Å²) in [5.74, 6) is 1.95. The molecule has 6 nitrogen and oxygen atoms in total. The van der Waals surface area contributed by atoms with Gasteiger partial charge in [-0.15, -0.1) is 0 Å². The topological polar surface area (TPSA) is 65.4 Å². The van der Waals surface area contributed by atoms with E-state index < -0.39 is 0 Å². The Labute approximate surface area is 184 Å². The van der Waals surface area contributed by atoms with Crippen molar-refractivity contribution in [3.8, 4) is 5.75 Å². The van der Waals surface area contributed by atoms with Crippen LogP contribution in [0.25, 0.3) is 11.0 Å². The van der Waals surface area contributed by atoms with Gasteiger partial charge in [-0.05, 0) is 62.1 Å². The molecule has 1 amide bonds. The molecule has 1 N–H and O–H groups in total. The van der Waals surface area contributed by atoms with Crippen LogP contribution in [0.3, 0.4) is 0 Å². The normalized spacial score (nSPS) is 11.1. The van der Waals surface area contributed by atoms with Crippen LogP contribution in [0.15, 0.2) is 42.5 Å². The number of imidazole rings is 1. The molecule has 0 radical (unpaired) electrons. The van der Waals surface area contributed by atoms with Gasteiger partial charge in [0.1, 0.15) is 24.8 Å². The van der Waals surface area contributed by atoms with E-state index in [2.05, 4.69) is 60.1 Å². The molecule has 2 aromatic carbocycles. The number of para-hydroxylation sites is 2. The largest absolute Gasteiger partial charge is 0.492 e. The standard InChI is InChI=1S/C25H33N3O3/c1-19-15-20(2)17-21(16-19)31-14-13-28-23-10-7-6-9-22(23)27-24(28)11-5-4-8-12-26-25(29)18-30-3/h6-7,9-10,15-17H,4-5,8,11-14,18H2,1-3H3,(H,26,29). The third-order valence-electron chi connectivity index (χ3n) is 5.19. The van der Waals surface area contributed by atoms with Crippen LogP contribution in [0.4, 0.5) is 0 Å². The van der Waals surface area contributed by atoms with E-state index in [0.717, 1.165) is 54.8 Å². The lowest BCUT2D eigenvalue weighted by Gasteiger charge is -2.12. The van der Waals surface area contributed by atoms with Crippen molar-refractivity contribution < 1.29 is 14.3 Å². The molecule has 1 heterocycles. The second kappa shape index (κ2) is 11.5. The number of hydrogen-bond acceptors (Lipinski definition) is 4. The predicted octanol–water partition coefficient (Wildman–Crippen LogP) is 4.21. The van der Waals surface area contributed by atoms with Gasteiger partial charge in [-0.1, -0.05) is 24.6 Å². The number of aromatic nitrogens is 2. The number of nitrogens with one attached hydrogen (secondary N) is 1. The van der Waals surface area contributed by atoms with E-state index in [1.807, 2.05) is 6.07 Å². The third-order valence-corrected chi connectivity index (χ3v) is 5.19. The fourth-order valence-corrected chi connectivity index (χ4v) is 3.83. The molecule has 0 aliphatic heterocycles. The molecule has 3 rings (SSSR count). The van der Waals surface area contributed by atoms with Gasteiger partial charge in [0, 0.05) is 20.1 Å². The fourth-order valence-electron chi connectivity index (χ4n) is 3.83. The lowest BCUT2D eigenvalue weighted by molar-refractivity contribution is -0.124. The van der Waals surface area contributed by atoms with Gasteiger partial charge in [0.15, 0.2) is 0 Å². The van der Waals surface area contributed by atoms with Gasteiger partial charge in [-0.3, -0.25) is 4.79 Å². The molecule has 0 spiro atoms. The predicted molar refractivity (Wildman–Crippen MR) is 124 cm³/mol. The lowest BCUT2D eigenvalue weighted by Crippen LogP contribution is -2.27. The Kier molecular flexibility index (Phi) is 8.47. The van der Waals surface area contributed by atoms with Crippen LogP contribution in [-0.2, 0) is 22.5 Å². The first-order valence-electron chi connectivity index (χ1n) is 11.0. The van der Waals surface area contributed by atoms with Crippen LogP contribution in [0.2, 0.25) is 0 Å². The van der Waals surface area contributed by atoms with E-state index in [1.54, 1.807) is 0 Å². The molecule has 0 bridgehead atoms. The van der Waals surface area contributed by atoms with Crippen molar-refractivity contribution in [2.75, 3.05) is 26.9 Å². The molecule has 31 heavy (non-hydrogen) atoms. The average molecular weight is 424 g/mol. The smallest absolute Gasteiger partial charge is 0.245 e. The van der Waals surface area contributed by atoms with Gasteiger partial charge in [0.05, 0.1) is 17.6 Å². The number of ether oxygens (including phenoxy) is 2. The first-order valence-corrected chi connectivity index (χ1v) is 11.0. The Morgan fingerprint density at radius 2 is 1.84 bits per heavy atom. The van der Waals surface area contributed by atoms with E-state index in [4.69, 9.17) is 14.5 Å². The van der Waals surface area contributed by atoms with Crippen molar-refractivity contribution in [2.45, 2.75) is 46.1 Å². The molecule has 0 aliphatic carbocycles. The number of amides is 1. The van der Waals surface area contributed by atoms with Crippen molar-refractivity contribution in [2.24, 2.45) is 0 Å². The molecule has 0 saturated carbocycles. The third kappa shape index (κ3) is 6.82. The highest BCUT2D eigenvalue weighted by Crippen LogP contribution is 2.19. The molecule has 3 aromatic rings. The van der Waals surface area contributed by atoms with Gasteiger partial charge in [-0.25, -0.2) is 4.98 Å². The minimum atomic E-state index is -0.0619. The summed E-state index contributed by atoms with van der Waals surface area (Å²) in [5.41, 5.74) is 4.59. The number of benzene rings is 2. The summed E-state index contributed by atoms with van der Waals surface area (Å²) in [4.78, 5) is 16.3. The monoisotopic (exact) mass is 423 g/mol. The number of rotatable bonds is 12. The average Bonchev–Trinajstić information content (AvgIpc) is 3.08. The highest BCUT2D eigenvalue weighted by Gasteiger charge is 2.10. The van der Waals surface area contributed by atoms with E-state index in [9.17, 15) is 4.79 Å². The lowest BCUT2D eigenvalue weighted by atomic mass is 10.1. The fraction of sp³-hybridized carbons (Fsp3) is 0.440. The van der Waals surface area contributed by atoms with Crippen LogP contribution >= 0.6 is 0 Å². The van der Waals surface area contributed by atoms with Crippen molar-refractivity contribution in [3.63, 3.8) is 0 Å². The highest BCUT2D eigenvalue weighted by atomic mass is 16.5. The van der Waals surface area contributed by atoms with Crippen LogP contribution < -0.4 is 10.1 Å². The quantitative estimate of drug-likeness (QED) is 0.443. The van der Waals surface area contributed by atoms with Crippen molar-refractivity contribution in [3.05, 3.63) is 59.4 Å². The van der Waals surface area contributed by atoms with Crippen LogP contribution in [0.5, 0.6) is 5.75 Å². The van der Waals surface area contributed by atoms with E-state index in [-0.39, 0.29) is 12.5 Å². The molecule has 0 saturated heterocycles. The number of aryl methyl sites for hydroxylation is 3. The summed E-state index contributed by atoms with van der Waals surface area (Å²) in [5, 5.41) is 2.87. The Bertz CT molecular complexity index is 977. The summed E-state index contributed by atoms with van der Waals surface area (Å²) in [7, 11) is 1.53. The minimum Gasteiger partial charge on any atom is -0.492 e. The molecule has 6 heteroatoms. The molecule has 0 atom stereocenters. The van der Waals surface area contributed by atoms with Crippen LogP contribution in [0, 0.1) is 13.8 Å². The minimum absolute atomic E-state index is 0.0619. The summed E-state index contributed by atoms with van der Waals surface area (Å²) in [6.45, 7) is 6.34. The Morgan fingerprint density at radius 1 is 1.06 bits per heavy atom. The number of carbonyl (C=O) groups excluding carboxylic acids is 1. The summed E-state index contributed by atoms with van der Waals surface area (Å²) in [6, 6.07) is 14.6. The number of carbonyl (C=O) groups is 1. The van der Waals surface area contributed by atoms with E-state index >= 15 is 0 Å². The van der Waals surface area contributed by atoms with Crippen molar-refractivity contribution >= 4 is 16.9 Å². The molecular weight excluding hydrogens is 390 g/mol. The summed E-state index contributed by atoms with van der Waals surface area (Å²) >= 11 is 0. The number of unbranched alkanes of at least 4 members (excludes halogenated alkanes) is 2. The molecule has 0 fully saturated rings. The highest BCUT2D eigenvalue weighted by molar-refractivity contribution is 5.77. The van der Waals surface area contributed by atoms with Gasteiger partial charge in [0.2, 0.25) is 5.91 Å². The maximum absolute atomic E-state index is 11.4. The zero-order chi connectivity index (χ0) is 22.1. The SMILES string of the molecule is COCC(=O)NCCCCCc1nc2ccccc2n1CCOc1cc(C)cc(C)c1. The van der Waals surface area contributed by atoms with Gasteiger partial charge in [-0.2, -0.15) is 0 Å². The van der Waals surface area contributed by atoms with Gasteiger partial charge in [0.25, 0.3) is 0 Å². The Balaban J connectivity index is 1.55. The number of hydrogen-bond donors (Lipinski definition) is 1. The molecule has 166 valence electrons. The molecule has 0 unspecified atom stereocenters. The second-order valence-electron chi connectivity index (χ2n) is 7.93. The number of methoxy groups -OCH3 is 1. The van der Waals surface area contributed by atoms with Gasteiger partial charge < -0.3 is 19.4 Å². The molecular formula is C25H33N3O3. The Morgan fingerprint density at radius 3 is 2.61 bits per heavy atom. The second-order valence-corrected chi connectivity index (χ2v) is 7.93. The van der Waals surface area contributed by atoms with Crippen LogP contribution in [-0.4, -0.2) is 42.3 Å². The summed E-state index contributed by atoms with van der Waals surface area (Å²) in [6.07, 6.45) is 3.92. The first kappa shape index (κ1) is 22.8. The molecule has 1 aromatic heterocycles.